The number of hydrogen-bond acceptors (Lipinski definition) is 7. The van der Waals surface area contributed by atoms with Crippen LogP contribution in [0.15, 0.2) is 39.8 Å². The third-order valence-electron chi connectivity index (χ3n) is 4.16. The number of aromatic nitrogens is 2. The number of piperazine rings is 1. The highest BCUT2D eigenvalue weighted by atomic mass is 127. The van der Waals surface area contributed by atoms with Crippen LogP contribution in [0.4, 0.5) is 5.95 Å². The van der Waals surface area contributed by atoms with Crippen LogP contribution in [0.25, 0.3) is 0 Å². The SMILES string of the molecule is CCS(=O)(=O)c1ccc(CN=C(N)N2CCN(c3ncccn3)CC2)s1.I. The van der Waals surface area contributed by atoms with Crippen molar-refractivity contribution in [3.05, 3.63) is 35.5 Å². The Morgan fingerprint density at radius 1 is 1.22 bits per heavy atom. The Morgan fingerprint density at radius 3 is 2.52 bits per heavy atom. The Morgan fingerprint density at radius 2 is 1.89 bits per heavy atom. The normalized spacial score (nSPS) is 15.5. The molecule has 11 heteroatoms. The average Bonchev–Trinajstić information content (AvgIpc) is 3.17. The van der Waals surface area contributed by atoms with Crippen LogP contribution in [0.5, 0.6) is 0 Å². The van der Waals surface area contributed by atoms with Crippen molar-refractivity contribution in [3.63, 3.8) is 0 Å². The molecule has 0 spiro atoms. The number of hydrogen-bond donors (Lipinski definition) is 1. The van der Waals surface area contributed by atoms with Crippen molar-refractivity contribution in [2.45, 2.75) is 17.7 Å². The second-order valence-electron chi connectivity index (χ2n) is 5.82. The summed E-state index contributed by atoms with van der Waals surface area (Å²) < 4.78 is 24.1. The van der Waals surface area contributed by atoms with E-state index in [0.29, 0.717) is 16.7 Å². The van der Waals surface area contributed by atoms with E-state index in [4.69, 9.17) is 5.73 Å². The maximum Gasteiger partial charge on any atom is 0.225 e. The number of anilines is 1. The van der Waals surface area contributed by atoms with E-state index in [1.165, 1.54) is 11.3 Å². The molecule has 3 rings (SSSR count). The molecule has 148 valence electrons. The molecule has 0 aliphatic carbocycles. The molecule has 3 heterocycles. The number of guanidine groups is 1. The monoisotopic (exact) mass is 522 g/mol. The molecule has 0 radical (unpaired) electrons. The number of thiophene rings is 1. The van der Waals surface area contributed by atoms with Crippen LogP contribution in [0.1, 0.15) is 11.8 Å². The van der Waals surface area contributed by atoms with Crippen LogP contribution >= 0.6 is 35.3 Å². The van der Waals surface area contributed by atoms with Gasteiger partial charge in [0, 0.05) is 43.4 Å². The summed E-state index contributed by atoms with van der Waals surface area (Å²) in [4.78, 5) is 18.0. The van der Waals surface area contributed by atoms with Crippen LogP contribution in [-0.4, -0.2) is 61.2 Å². The van der Waals surface area contributed by atoms with Gasteiger partial charge in [-0.3, -0.25) is 0 Å². The topological polar surface area (TPSA) is 105 Å². The standard InChI is InChI=1S/C16H22N6O2S2.HI/c1-2-26(23,24)14-5-4-13(25-14)12-20-15(17)21-8-10-22(11-9-21)16-18-6-3-7-19-16;/h3-7H,2,8-12H2,1H3,(H2,17,20);1H. The van der Waals surface area contributed by atoms with Gasteiger partial charge in [-0.05, 0) is 18.2 Å². The van der Waals surface area contributed by atoms with Gasteiger partial charge in [-0.2, -0.15) is 0 Å². The fraction of sp³-hybridized carbons (Fsp3) is 0.438. The zero-order valence-electron chi connectivity index (χ0n) is 15.0. The van der Waals surface area contributed by atoms with Gasteiger partial charge in [-0.15, -0.1) is 35.3 Å². The first-order chi connectivity index (χ1) is 12.5. The minimum atomic E-state index is -3.16. The molecule has 1 aliphatic heterocycles. The van der Waals surface area contributed by atoms with Gasteiger partial charge in [0.05, 0.1) is 12.3 Å². The van der Waals surface area contributed by atoms with Crippen molar-refractivity contribution < 1.29 is 8.42 Å². The number of halogens is 1. The summed E-state index contributed by atoms with van der Waals surface area (Å²) in [6, 6.07) is 5.24. The minimum Gasteiger partial charge on any atom is -0.370 e. The molecule has 1 fully saturated rings. The molecule has 0 bridgehead atoms. The number of sulfone groups is 1. The zero-order chi connectivity index (χ0) is 18.6. The molecular formula is C16H23IN6O2S2. The Kier molecular flexibility index (Phi) is 7.79. The van der Waals surface area contributed by atoms with Gasteiger partial charge >= 0.3 is 0 Å². The quantitative estimate of drug-likeness (QED) is 0.361. The first-order valence-electron chi connectivity index (χ1n) is 8.38. The largest absolute Gasteiger partial charge is 0.370 e. The van der Waals surface area contributed by atoms with E-state index in [9.17, 15) is 8.42 Å². The molecule has 0 amide bonds. The van der Waals surface area contributed by atoms with E-state index in [2.05, 4.69) is 19.9 Å². The van der Waals surface area contributed by atoms with Crippen LogP contribution in [0, 0.1) is 0 Å². The lowest BCUT2D eigenvalue weighted by Crippen LogP contribution is -2.51. The summed E-state index contributed by atoms with van der Waals surface area (Å²) in [5, 5.41) is 0. The van der Waals surface area contributed by atoms with Crippen molar-refractivity contribution in [3.8, 4) is 0 Å². The lowest BCUT2D eigenvalue weighted by atomic mass is 10.3. The van der Waals surface area contributed by atoms with E-state index >= 15 is 0 Å². The van der Waals surface area contributed by atoms with Crippen LogP contribution in [0.2, 0.25) is 0 Å². The number of aliphatic imine (C=N–C) groups is 1. The molecule has 0 atom stereocenters. The molecule has 1 aliphatic rings. The van der Waals surface area contributed by atoms with Gasteiger partial charge in [0.15, 0.2) is 15.8 Å². The fourth-order valence-electron chi connectivity index (χ4n) is 2.60. The van der Waals surface area contributed by atoms with E-state index in [1.54, 1.807) is 37.5 Å². The second kappa shape index (κ2) is 9.64. The first kappa shape index (κ1) is 21.8. The molecule has 2 aromatic rings. The third-order valence-corrected chi connectivity index (χ3v) is 7.54. The summed E-state index contributed by atoms with van der Waals surface area (Å²) in [6.45, 7) is 5.07. The molecular weight excluding hydrogens is 499 g/mol. The Hall–Kier alpha value is -1.47. The highest BCUT2D eigenvalue weighted by molar-refractivity contribution is 14.0. The highest BCUT2D eigenvalue weighted by Crippen LogP contribution is 2.23. The van der Waals surface area contributed by atoms with E-state index < -0.39 is 9.84 Å². The summed E-state index contributed by atoms with van der Waals surface area (Å²) in [7, 11) is -3.16. The first-order valence-corrected chi connectivity index (χ1v) is 10.8. The fourth-order valence-corrected chi connectivity index (χ4v) is 5.00. The van der Waals surface area contributed by atoms with E-state index in [-0.39, 0.29) is 29.7 Å². The number of nitrogens with two attached hydrogens (primary N) is 1. The highest BCUT2D eigenvalue weighted by Gasteiger charge is 2.20. The Labute approximate surface area is 180 Å². The molecule has 27 heavy (non-hydrogen) atoms. The lowest BCUT2D eigenvalue weighted by molar-refractivity contribution is 0.378. The summed E-state index contributed by atoms with van der Waals surface area (Å²) in [5.74, 6) is 1.31. The van der Waals surface area contributed by atoms with E-state index in [1.807, 2.05) is 4.90 Å². The summed E-state index contributed by atoms with van der Waals surface area (Å²) in [6.07, 6.45) is 3.47. The van der Waals surface area contributed by atoms with Gasteiger partial charge in [-0.25, -0.2) is 23.4 Å². The molecule has 2 N–H and O–H groups in total. The molecule has 2 aromatic heterocycles. The van der Waals surface area contributed by atoms with Crippen molar-refractivity contribution in [1.29, 1.82) is 0 Å². The van der Waals surface area contributed by atoms with Crippen LogP contribution in [0.3, 0.4) is 0 Å². The van der Waals surface area contributed by atoms with Crippen molar-refractivity contribution in [2.75, 3.05) is 36.8 Å². The van der Waals surface area contributed by atoms with E-state index in [0.717, 1.165) is 37.0 Å². The molecule has 0 aromatic carbocycles. The maximum atomic E-state index is 11.9. The average molecular weight is 522 g/mol. The molecule has 1 saturated heterocycles. The Bertz CT molecular complexity index is 864. The third kappa shape index (κ3) is 5.51. The van der Waals surface area contributed by atoms with Crippen LogP contribution < -0.4 is 10.6 Å². The van der Waals surface area contributed by atoms with Gasteiger partial charge in [-0.1, -0.05) is 6.92 Å². The minimum absolute atomic E-state index is 0. The molecule has 0 unspecified atom stereocenters. The predicted molar refractivity (Wildman–Crippen MR) is 119 cm³/mol. The maximum absolute atomic E-state index is 11.9. The number of rotatable bonds is 5. The zero-order valence-corrected chi connectivity index (χ0v) is 18.9. The number of nitrogens with zero attached hydrogens (tertiary/aromatic N) is 5. The van der Waals surface area contributed by atoms with Gasteiger partial charge in [0.2, 0.25) is 5.95 Å². The van der Waals surface area contributed by atoms with Crippen molar-refractivity contribution in [2.24, 2.45) is 10.7 Å². The molecule has 8 nitrogen and oxygen atoms in total. The second-order valence-corrected chi connectivity index (χ2v) is 9.49. The lowest BCUT2D eigenvalue weighted by Gasteiger charge is -2.35. The van der Waals surface area contributed by atoms with Crippen molar-refractivity contribution >= 4 is 57.1 Å². The van der Waals surface area contributed by atoms with Gasteiger partial charge < -0.3 is 15.5 Å². The summed E-state index contributed by atoms with van der Waals surface area (Å²) >= 11 is 1.26. The predicted octanol–water partition coefficient (Wildman–Crippen LogP) is 1.59. The van der Waals surface area contributed by atoms with Crippen LogP contribution in [-0.2, 0) is 16.4 Å². The van der Waals surface area contributed by atoms with Crippen molar-refractivity contribution in [1.82, 2.24) is 14.9 Å². The van der Waals surface area contributed by atoms with Gasteiger partial charge in [0.25, 0.3) is 0 Å². The smallest absolute Gasteiger partial charge is 0.225 e. The summed E-state index contributed by atoms with van der Waals surface area (Å²) in [5.41, 5.74) is 6.11. The van der Waals surface area contributed by atoms with Gasteiger partial charge in [0.1, 0.15) is 4.21 Å². The Balaban J connectivity index is 0.00000261. The molecule has 0 saturated carbocycles.